The van der Waals surface area contributed by atoms with Crippen LogP contribution in [0.25, 0.3) is 0 Å². The minimum absolute atomic E-state index is 0.101. The summed E-state index contributed by atoms with van der Waals surface area (Å²) in [5, 5.41) is 3.49. The quantitative estimate of drug-likeness (QED) is 0.471. The largest absolute Gasteiger partial charge is 0.352 e. The molecule has 0 spiro atoms. The Morgan fingerprint density at radius 2 is 2.13 bits per heavy atom. The third-order valence-corrected chi connectivity index (χ3v) is 2.46. The summed E-state index contributed by atoms with van der Waals surface area (Å²) < 4.78 is 0. The van der Waals surface area contributed by atoms with E-state index in [0.717, 1.165) is 12.8 Å². The van der Waals surface area contributed by atoms with Crippen LogP contribution in [0.3, 0.4) is 0 Å². The molecule has 1 aromatic rings. The van der Waals surface area contributed by atoms with Crippen LogP contribution in [-0.2, 0) is 0 Å². The molecule has 1 rings (SSSR count). The molecular weight excluding hydrogens is 210 g/mol. The van der Waals surface area contributed by atoms with Crippen LogP contribution < -0.4 is 5.32 Å². The van der Waals surface area contributed by atoms with Crippen molar-refractivity contribution in [1.82, 2.24) is 15.3 Å². The van der Waals surface area contributed by atoms with Gasteiger partial charge < -0.3 is 5.32 Å². The van der Waals surface area contributed by atoms with Crippen molar-refractivity contribution >= 4 is 17.7 Å². The Hall–Kier alpha value is -1.10. The lowest BCUT2D eigenvalue weighted by molar-refractivity contribution is 0.0952. The van der Waals surface area contributed by atoms with Gasteiger partial charge in [0.15, 0.2) is 5.16 Å². The third-order valence-electron chi connectivity index (χ3n) is 1.89. The van der Waals surface area contributed by atoms with Crippen molar-refractivity contribution in [2.24, 2.45) is 0 Å². The van der Waals surface area contributed by atoms with E-state index in [1.807, 2.05) is 6.26 Å². The summed E-state index contributed by atoms with van der Waals surface area (Å²) in [5.41, 5.74) is 0.518. The Balaban J connectivity index is 2.50. The van der Waals surface area contributed by atoms with E-state index < -0.39 is 0 Å². The number of carbonyl (C=O) groups is 1. The van der Waals surface area contributed by atoms with Crippen LogP contribution in [-0.4, -0.2) is 28.7 Å². The highest BCUT2D eigenvalue weighted by Crippen LogP contribution is 2.06. The monoisotopic (exact) mass is 225 g/mol. The van der Waals surface area contributed by atoms with E-state index in [2.05, 4.69) is 22.2 Å². The fraction of sp³-hybridized carbons (Fsp3) is 0.500. The van der Waals surface area contributed by atoms with Gasteiger partial charge in [0.2, 0.25) is 0 Å². The molecule has 4 nitrogen and oxygen atoms in total. The number of amides is 1. The zero-order valence-electron chi connectivity index (χ0n) is 8.99. The molecule has 0 saturated carbocycles. The second kappa shape index (κ2) is 6.40. The number of hydrogen-bond acceptors (Lipinski definition) is 4. The lowest BCUT2D eigenvalue weighted by Gasteiger charge is -2.03. The van der Waals surface area contributed by atoms with Crippen LogP contribution in [0.1, 0.15) is 30.1 Å². The number of carbonyl (C=O) groups excluding carboxylic acids is 1. The van der Waals surface area contributed by atoms with Crippen molar-refractivity contribution in [1.29, 1.82) is 0 Å². The average Bonchev–Trinajstić information content (AvgIpc) is 2.29. The van der Waals surface area contributed by atoms with Crippen LogP contribution >= 0.6 is 11.8 Å². The summed E-state index contributed by atoms with van der Waals surface area (Å²) in [7, 11) is 0. The first-order valence-electron chi connectivity index (χ1n) is 4.92. The molecule has 1 aromatic heterocycles. The zero-order valence-corrected chi connectivity index (χ0v) is 9.80. The van der Waals surface area contributed by atoms with E-state index in [-0.39, 0.29) is 5.91 Å². The smallest absolute Gasteiger partial charge is 0.254 e. The first-order chi connectivity index (χ1) is 7.27. The summed E-state index contributed by atoms with van der Waals surface area (Å²) in [6.07, 6.45) is 7.08. The standard InChI is InChI=1S/C10H15N3OS/c1-3-4-5-11-9(14)8-6-12-10(15-2)13-7-8/h6-7H,3-5H2,1-2H3,(H,11,14). The first kappa shape index (κ1) is 12.0. The SMILES string of the molecule is CCCCNC(=O)c1cnc(SC)nc1. The highest BCUT2D eigenvalue weighted by Gasteiger charge is 2.05. The molecule has 0 unspecified atom stereocenters. The molecule has 0 fully saturated rings. The highest BCUT2D eigenvalue weighted by atomic mass is 32.2. The molecule has 1 heterocycles. The molecule has 0 atom stereocenters. The number of nitrogens with one attached hydrogen (secondary N) is 1. The summed E-state index contributed by atoms with van der Waals surface area (Å²) in [6.45, 7) is 2.79. The number of aromatic nitrogens is 2. The first-order valence-corrected chi connectivity index (χ1v) is 6.14. The predicted octanol–water partition coefficient (Wildman–Crippen LogP) is 1.73. The lowest BCUT2D eigenvalue weighted by atomic mass is 10.3. The van der Waals surface area contributed by atoms with E-state index in [4.69, 9.17) is 0 Å². The molecule has 1 amide bonds. The fourth-order valence-electron chi connectivity index (χ4n) is 1.02. The van der Waals surface area contributed by atoms with Crippen LogP contribution in [0, 0.1) is 0 Å². The molecule has 82 valence electrons. The molecule has 0 radical (unpaired) electrons. The maximum atomic E-state index is 11.5. The number of nitrogens with zero attached hydrogens (tertiary/aromatic N) is 2. The van der Waals surface area contributed by atoms with Crippen LogP contribution in [0.15, 0.2) is 17.6 Å². The number of unbranched alkanes of at least 4 members (excludes halogenated alkanes) is 1. The van der Waals surface area contributed by atoms with Gasteiger partial charge in [0, 0.05) is 18.9 Å². The molecule has 0 saturated heterocycles. The van der Waals surface area contributed by atoms with Gasteiger partial charge in [0.25, 0.3) is 5.91 Å². The van der Waals surface area contributed by atoms with Gasteiger partial charge in [-0.05, 0) is 12.7 Å². The van der Waals surface area contributed by atoms with Crippen molar-refractivity contribution in [3.05, 3.63) is 18.0 Å². The normalized spacial score (nSPS) is 10.0. The van der Waals surface area contributed by atoms with Crippen molar-refractivity contribution in [3.63, 3.8) is 0 Å². The van der Waals surface area contributed by atoms with E-state index >= 15 is 0 Å². The summed E-state index contributed by atoms with van der Waals surface area (Å²) in [4.78, 5) is 19.6. The third kappa shape index (κ3) is 3.87. The Kier molecular flexibility index (Phi) is 5.10. The van der Waals surface area contributed by atoms with E-state index in [1.165, 1.54) is 11.8 Å². The Morgan fingerprint density at radius 3 is 2.67 bits per heavy atom. The Morgan fingerprint density at radius 1 is 1.47 bits per heavy atom. The molecular formula is C10H15N3OS. The van der Waals surface area contributed by atoms with E-state index in [0.29, 0.717) is 17.3 Å². The Bertz CT molecular complexity index is 313. The van der Waals surface area contributed by atoms with Gasteiger partial charge in [0.05, 0.1) is 5.56 Å². The summed E-state index contributed by atoms with van der Waals surface area (Å²) in [5.74, 6) is -0.101. The average molecular weight is 225 g/mol. The molecule has 0 aliphatic heterocycles. The van der Waals surface area contributed by atoms with Crippen molar-refractivity contribution in [2.75, 3.05) is 12.8 Å². The van der Waals surface area contributed by atoms with E-state index in [1.54, 1.807) is 12.4 Å². The second-order valence-electron chi connectivity index (χ2n) is 3.07. The van der Waals surface area contributed by atoms with Gasteiger partial charge in [-0.15, -0.1) is 0 Å². The molecule has 0 aliphatic carbocycles. The topological polar surface area (TPSA) is 54.9 Å². The van der Waals surface area contributed by atoms with Gasteiger partial charge >= 0.3 is 0 Å². The Labute approximate surface area is 93.9 Å². The minimum Gasteiger partial charge on any atom is -0.352 e. The van der Waals surface area contributed by atoms with Gasteiger partial charge in [-0.25, -0.2) is 9.97 Å². The van der Waals surface area contributed by atoms with Crippen LogP contribution in [0.5, 0.6) is 0 Å². The molecule has 15 heavy (non-hydrogen) atoms. The van der Waals surface area contributed by atoms with Gasteiger partial charge in [0.1, 0.15) is 0 Å². The lowest BCUT2D eigenvalue weighted by Crippen LogP contribution is -2.24. The maximum absolute atomic E-state index is 11.5. The van der Waals surface area contributed by atoms with Gasteiger partial charge in [-0.3, -0.25) is 4.79 Å². The van der Waals surface area contributed by atoms with Crippen LogP contribution in [0.4, 0.5) is 0 Å². The molecule has 0 aliphatic rings. The van der Waals surface area contributed by atoms with Gasteiger partial charge in [-0.2, -0.15) is 0 Å². The number of thioether (sulfide) groups is 1. The van der Waals surface area contributed by atoms with Crippen molar-refractivity contribution < 1.29 is 4.79 Å². The van der Waals surface area contributed by atoms with E-state index in [9.17, 15) is 4.79 Å². The number of rotatable bonds is 5. The molecule has 1 N–H and O–H groups in total. The second-order valence-corrected chi connectivity index (χ2v) is 3.84. The predicted molar refractivity (Wildman–Crippen MR) is 61.1 cm³/mol. The summed E-state index contributed by atoms with van der Waals surface area (Å²) >= 11 is 1.46. The highest BCUT2D eigenvalue weighted by molar-refractivity contribution is 7.98. The maximum Gasteiger partial charge on any atom is 0.254 e. The van der Waals surface area contributed by atoms with Gasteiger partial charge in [-0.1, -0.05) is 25.1 Å². The molecule has 0 aromatic carbocycles. The minimum atomic E-state index is -0.101. The zero-order chi connectivity index (χ0) is 11.1. The van der Waals surface area contributed by atoms with Crippen molar-refractivity contribution in [2.45, 2.75) is 24.9 Å². The molecule has 5 heteroatoms. The fourth-order valence-corrected chi connectivity index (χ4v) is 1.34. The molecule has 0 bridgehead atoms. The summed E-state index contributed by atoms with van der Waals surface area (Å²) in [6, 6.07) is 0. The number of hydrogen-bond donors (Lipinski definition) is 1. The van der Waals surface area contributed by atoms with Crippen molar-refractivity contribution in [3.8, 4) is 0 Å². The van der Waals surface area contributed by atoms with Crippen LogP contribution in [0.2, 0.25) is 0 Å².